The fourth-order valence-corrected chi connectivity index (χ4v) is 12.9. The Bertz CT molecular complexity index is 2520. The average molecular weight is 941 g/mol. The van der Waals surface area contributed by atoms with Crippen molar-refractivity contribution in [3.05, 3.63) is 87.6 Å². The van der Waals surface area contributed by atoms with Crippen LogP contribution < -0.4 is 24.8 Å². The zero-order valence-corrected chi connectivity index (χ0v) is 40.3. The van der Waals surface area contributed by atoms with Crippen LogP contribution in [0.2, 0.25) is 0 Å². The van der Waals surface area contributed by atoms with Crippen LogP contribution in [0, 0.1) is 11.8 Å². The van der Waals surface area contributed by atoms with Crippen LogP contribution in [0.25, 0.3) is 11.8 Å². The molecule has 15 heteroatoms. The first-order valence-corrected chi connectivity index (χ1v) is 24.3. The molecule has 6 unspecified atom stereocenters. The third-order valence-electron chi connectivity index (χ3n) is 14.7. The van der Waals surface area contributed by atoms with Crippen molar-refractivity contribution in [1.82, 2.24) is 5.32 Å². The minimum Gasteiger partial charge on any atom is -0.482 e. The van der Waals surface area contributed by atoms with Gasteiger partial charge in [0.1, 0.15) is 47.3 Å². The number of ketones is 1. The lowest BCUT2D eigenvalue weighted by Gasteiger charge is -2.61. The molecule has 7 N–H and O–H groups in total. The molecule has 8 aliphatic rings. The standard InChI is InChI=1S/C52H64N2O12S/c1-26(2)12-11-19-50(8)20-18-30-42(64-50)29(16-15-27(3)4)44-36(43(30)63-48-41(59)40(58)39(57)33(25-56)62-48)38-37-45(67-34-14-10-9-13-32(34)54-38)31-24-35-49(6,7)66-51(46(31)60,52(35,37)65-44)21-17-28(5)47(61)53-22-23-55/h9-10,12-15,17-18,20,31,33,35,39-41,45,48,54-59H,11,16,19,21-25H2,1-8H3,(H,53,61)/b28-17-/t31?,33-,35?,39-,40+,41-,45?,48+,50?,51?,52?/m1/s1. The number of nitrogens with one attached hydrogen (secondary N) is 2. The summed E-state index contributed by atoms with van der Waals surface area (Å²) in [6.45, 7) is 15.1. The molecule has 1 amide bonds. The van der Waals surface area contributed by atoms with Gasteiger partial charge in [-0.1, -0.05) is 41.5 Å². The molecule has 67 heavy (non-hydrogen) atoms. The number of hydrogen-bond donors (Lipinski definition) is 7. The van der Waals surface area contributed by atoms with E-state index in [1.54, 1.807) is 24.8 Å². The van der Waals surface area contributed by atoms with Gasteiger partial charge in [-0.2, -0.15) is 0 Å². The third kappa shape index (κ3) is 7.59. The Morgan fingerprint density at radius 1 is 0.970 bits per heavy atom. The van der Waals surface area contributed by atoms with E-state index in [-0.39, 0.29) is 42.9 Å². The highest BCUT2D eigenvalue weighted by molar-refractivity contribution is 8.00. The van der Waals surface area contributed by atoms with E-state index >= 15 is 4.79 Å². The molecule has 5 aliphatic heterocycles. The molecule has 5 fully saturated rings. The molecule has 2 aromatic rings. The first-order chi connectivity index (χ1) is 31.8. The van der Waals surface area contributed by atoms with E-state index in [0.717, 1.165) is 28.1 Å². The third-order valence-corrected chi connectivity index (χ3v) is 16.1. The maximum absolute atomic E-state index is 15.7. The summed E-state index contributed by atoms with van der Waals surface area (Å²) >= 11 is 1.60. The SMILES string of the molecule is CC(C)=CCCC1(C)C=Cc2c(c(CC=C(C)C)c3c(c2O[C@@H]2O[C@H](CO)[C@@H](O)[C@H](O)[C@H]2O)C2=C4C(Sc5ccccc5N2)C2CC5C(C)(C)OC(C/C=C(/C)C(=O)NCCO)(C2=O)C45O3)O1. The van der Waals surface area contributed by atoms with Gasteiger partial charge >= 0.3 is 0 Å². The van der Waals surface area contributed by atoms with Gasteiger partial charge in [0.15, 0.2) is 17.0 Å². The molecule has 3 saturated carbocycles. The van der Waals surface area contributed by atoms with E-state index in [9.17, 15) is 30.3 Å². The molecule has 2 aromatic carbocycles. The molecule has 0 radical (unpaired) electrons. The maximum atomic E-state index is 15.7. The van der Waals surface area contributed by atoms with Gasteiger partial charge in [-0.25, -0.2) is 0 Å². The summed E-state index contributed by atoms with van der Waals surface area (Å²) in [5.41, 5.74) is 1.77. The van der Waals surface area contributed by atoms with Crippen LogP contribution in [0.3, 0.4) is 0 Å². The molecule has 2 saturated heterocycles. The van der Waals surface area contributed by atoms with Gasteiger partial charge in [0.25, 0.3) is 0 Å². The summed E-state index contributed by atoms with van der Waals surface area (Å²) in [5, 5.41) is 59.4. The second-order valence-corrected chi connectivity index (χ2v) is 21.5. The normalized spacial score (nSPS) is 33.7. The number of para-hydroxylation sites is 1. The summed E-state index contributed by atoms with van der Waals surface area (Å²) in [4.78, 5) is 30.0. The van der Waals surface area contributed by atoms with Crippen molar-refractivity contribution in [2.75, 3.05) is 25.1 Å². The summed E-state index contributed by atoms with van der Waals surface area (Å²) in [6.07, 6.45) is 4.29. The Kier molecular flexibility index (Phi) is 12.4. The number of allylic oxidation sites excluding steroid dienone is 4. The van der Waals surface area contributed by atoms with Gasteiger partial charge < -0.3 is 59.9 Å². The second-order valence-electron chi connectivity index (χ2n) is 20.3. The zero-order valence-electron chi connectivity index (χ0n) is 39.5. The second kappa shape index (κ2) is 17.5. The predicted octanol–water partition coefficient (Wildman–Crippen LogP) is 5.92. The first-order valence-electron chi connectivity index (χ1n) is 23.4. The number of Topliss-reactive ketones (excluding diaryl/α,β-unsaturated/α-hetero) is 1. The number of carbonyl (C=O) groups excluding carboxylic acids is 2. The number of aliphatic hydroxyl groups excluding tert-OH is 5. The molecule has 4 bridgehead atoms. The highest BCUT2D eigenvalue weighted by Crippen LogP contribution is 2.73. The molecule has 10 rings (SSSR count). The Hall–Kier alpha value is -4.45. The van der Waals surface area contributed by atoms with Crippen molar-refractivity contribution in [3.8, 4) is 17.2 Å². The fourth-order valence-electron chi connectivity index (χ4n) is 11.4. The van der Waals surface area contributed by atoms with Crippen molar-refractivity contribution < 1.29 is 58.8 Å². The molecule has 1 spiro atoms. The van der Waals surface area contributed by atoms with Crippen LogP contribution in [-0.2, 0) is 25.5 Å². The van der Waals surface area contributed by atoms with Crippen LogP contribution in [0.5, 0.6) is 17.2 Å². The summed E-state index contributed by atoms with van der Waals surface area (Å²) in [5.74, 6) is -0.328. The molecule has 11 atom stereocenters. The van der Waals surface area contributed by atoms with Crippen molar-refractivity contribution >= 4 is 40.9 Å². The largest absolute Gasteiger partial charge is 0.482 e. The fraction of sp³-hybridized carbons (Fsp3) is 0.538. The number of rotatable bonds is 13. The first kappa shape index (κ1) is 47.6. The topological polar surface area (TPSA) is 205 Å². The van der Waals surface area contributed by atoms with Crippen molar-refractivity contribution in [3.63, 3.8) is 0 Å². The van der Waals surface area contributed by atoms with Gasteiger partial charge in [-0.15, -0.1) is 11.8 Å². The summed E-state index contributed by atoms with van der Waals surface area (Å²) in [6, 6.07) is 7.92. The lowest BCUT2D eigenvalue weighted by molar-refractivity contribution is -0.277. The van der Waals surface area contributed by atoms with E-state index in [1.165, 1.54) is 5.57 Å². The van der Waals surface area contributed by atoms with E-state index < -0.39 is 70.9 Å². The number of amides is 1. The molecular formula is C52H64N2O12S. The Balaban J connectivity index is 1.36. The monoisotopic (exact) mass is 940 g/mol. The number of aliphatic hydroxyl groups is 5. The number of fused-ring (bicyclic) bond motifs is 4. The zero-order chi connectivity index (χ0) is 48.0. The highest BCUT2D eigenvalue weighted by Gasteiger charge is 2.83. The average Bonchev–Trinajstić information content (AvgIpc) is 3.36. The quantitative estimate of drug-likeness (QED) is 0.0920. The minimum atomic E-state index is -1.74. The molecule has 3 aliphatic carbocycles. The van der Waals surface area contributed by atoms with Crippen molar-refractivity contribution in [2.45, 2.75) is 151 Å². The Morgan fingerprint density at radius 2 is 1.72 bits per heavy atom. The van der Waals surface area contributed by atoms with E-state index in [4.69, 9.17) is 23.7 Å². The number of anilines is 1. The molecular weight excluding hydrogens is 877 g/mol. The van der Waals surface area contributed by atoms with Crippen LogP contribution in [0.1, 0.15) is 97.8 Å². The van der Waals surface area contributed by atoms with Crippen LogP contribution in [0.4, 0.5) is 5.69 Å². The van der Waals surface area contributed by atoms with Crippen molar-refractivity contribution in [1.29, 1.82) is 0 Å². The van der Waals surface area contributed by atoms with Gasteiger partial charge in [0.2, 0.25) is 12.2 Å². The molecule has 14 nitrogen and oxygen atoms in total. The maximum Gasteiger partial charge on any atom is 0.246 e. The highest BCUT2D eigenvalue weighted by atomic mass is 32.2. The number of ether oxygens (including phenoxy) is 5. The lowest BCUT2D eigenvalue weighted by Crippen LogP contribution is -2.75. The van der Waals surface area contributed by atoms with E-state index in [2.05, 4.69) is 36.6 Å². The number of benzene rings is 2. The van der Waals surface area contributed by atoms with Gasteiger partial charge in [-0.05, 0) is 105 Å². The minimum absolute atomic E-state index is 0.0151. The number of carbonyl (C=O) groups is 2. The van der Waals surface area contributed by atoms with E-state index in [0.29, 0.717) is 58.7 Å². The molecule has 0 aromatic heterocycles. The van der Waals surface area contributed by atoms with Crippen molar-refractivity contribution in [2.24, 2.45) is 11.8 Å². The van der Waals surface area contributed by atoms with Crippen LogP contribution >= 0.6 is 11.8 Å². The van der Waals surface area contributed by atoms with Crippen LogP contribution in [-0.4, -0.2) is 115 Å². The van der Waals surface area contributed by atoms with Crippen LogP contribution in [0.15, 0.2) is 75.8 Å². The van der Waals surface area contributed by atoms with E-state index in [1.807, 2.05) is 71.0 Å². The number of thioether (sulfide) groups is 1. The molecule has 360 valence electrons. The Labute approximate surface area is 396 Å². The Morgan fingerprint density at radius 3 is 2.43 bits per heavy atom. The predicted molar refractivity (Wildman–Crippen MR) is 254 cm³/mol. The van der Waals surface area contributed by atoms with Gasteiger partial charge in [0, 0.05) is 51.7 Å². The number of hydrogen-bond acceptors (Lipinski definition) is 14. The summed E-state index contributed by atoms with van der Waals surface area (Å²) < 4.78 is 35.4. The summed E-state index contributed by atoms with van der Waals surface area (Å²) in [7, 11) is 0. The smallest absolute Gasteiger partial charge is 0.246 e. The lowest BCUT2D eigenvalue weighted by atomic mass is 9.49. The van der Waals surface area contributed by atoms with Gasteiger partial charge in [0.05, 0.1) is 41.3 Å². The molecule has 5 heterocycles. The van der Waals surface area contributed by atoms with Gasteiger partial charge in [-0.3, -0.25) is 9.59 Å².